The van der Waals surface area contributed by atoms with Crippen molar-refractivity contribution in [3.05, 3.63) is 54.4 Å². The SMILES string of the molecule is CCCNC(Cc1ccccn1)c1ncccn1. The zero-order valence-electron chi connectivity index (χ0n) is 10.6. The number of nitrogens with one attached hydrogen (secondary N) is 1. The van der Waals surface area contributed by atoms with E-state index in [1.807, 2.05) is 30.5 Å². The Kier molecular flexibility index (Phi) is 4.78. The molecule has 1 atom stereocenters. The van der Waals surface area contributed by atoms with E-state index in [1.165, 1.54) is 0 Å². The molecule has 18 heavy (non-hydrogen) atoms. The van der Waals surface area contributed by atoms with E-state index in [4.69, 9.17) is 0 Å². The summed E-state index contributed by atoms with van der Waals surface area (Å²) in [5.41, 5.74) is 1.05. The minimum Gasteiger partial charge on any atom is -0.307 e. The van der Waals surface area contributed by atoms with E-state index in [0.29, 0.717) is 0 Å². The third-order valence-corrected chi connectivity index (χ3v) is 2.68. The van der Waals surface area contributed by atoms with Crippen LogP contribution >= 0.6 is 0 Å². The second kappa shape index (κ2) is 6.81. The van der Waals surface area contributed by atoms with Crippen molar-refractivity contribution in [3.8, 4) is 0 Å². The lowest BCUT2D eigenvalue weighted by Crippen LogP contribution is -2.26. The quantitative estimate of drug-likeness (QED) is 0.843. The number of pyridine rings is 1. The van der Waals surface area contributed by atoms with Crippen molar-refractivity contribution < 1.29 is 0 Å². The first-order valence-electron chi connectivity index (χ1n) is 6.30. The highest BCUT2D eigenvalue weighted by Crippen LogP contribution is 2.12. The molecule has 0 aliphatic carbocycles. The van der Waals surface area contributed by atoms with E-state index in [2.05, 4.69) is 27.2 Å². The van der Waals surface area contributed by atoms with Crippen molar-refractivity contribution >= 4 is 0 Å². The lowest BCUT2D eigenvalue weighted by Gasteiger charge is -2.16. The maximum absolute atomic E-state index is 4.36. The molecular weight excluding hydrogens is 224 g/mol. The normalized spacial score (nSPS) is 12.3. The smallest absolute Gasteiger partial charge is 0.145 e. The fourth-order valence-electron chi connectivity index (χ4n) is 1.79. The Bertz CT molecular complexity index is 444. The van der Waals surface area contributed by atoms with Crippen LogP contribution in [0.15, 0.2) is 42.9 Å². The van der Waals surface area contributed by atoms with Crippen LogP contribution in [0.5, 0.6) is 0 Å². The second-order valence-electron chi connectivity index (χ2n) is 4.14. The van der Waals surface area contributed by atoms with Crippen molar-refractivity contribution in [1.29, 1.82) is 0 Å². The zero-order chi connectivity index (χ0) is 12.6. The summed E-state index contributed by atoms with van der Waals surface area (Å²) in [6.07, 6.45) is 7.28. The second-order valence-corrected chi connectivity index (χ2v) is 4.14. The van der Waals surface area contributed by atoms with Crippen molar-refractivity contribution in [1.82, 2.24) is 20.3 Å². The van der Waals surface area contributed by atoms with Gasteiger partial charge < -0.3 is 5.32 Å². The van der Waals surface area contributed by atoms with Gasteiger partial charge in [-0.25, -0.2) is 9.97 Å². The molecule has 0 aliphatic heterocycles. The largest absolute Gasteiger partial charge is 0.307 e. The van der Waals surface area contributed by atoms with E-state index < -0.39 is 0 Å². The summed E-state index contributed by atoms with van der Waals surface area (Å²) in [7, 11) is 0. The fraction of sp³-hybridized carbons (Fsp3) is 0.357. The van der Waals surface area contributed by atoms with Crippen molar-refractivity contribution in [2.45, 2.75) is 25.8 Å². The van der Waals surface area contributed by atoms with Gasteiger partial charge in [0.25, 0.3) is 0 Å². The molecule has 2 aromatic rings. The molecule has 2 aromatic heterocycles. The van der Waals surface area contributed by atoms with Crippen LogP contribution in [-0.2, 0) is 6.42 Å². The fourth-order valence-corrected chi connectivity index (χ4v) is 1.79. The summed E-state index contributed by atoms with van der Waals surface area (Å²) in [5.74, 6) is 0.830. The Morgan fingerprint density at radius 2 is 1.83 bits per heavy atom. The maximum atomic E-state index is 4.36. The molecule has 0 radical (unpaired) electrons. The van der Waals surface area contributed by atoms with Crippen LogP contribution in [-0.4, -0.2) is 21.5 Å². The molecule has 4 heteroatoms. The van der Waals surface area contributed by atoms with E-state index in [0.717, 1.165) is 30.9 Å². The van der Waals surface area contributed by atoms with Crippen LogP contribution in [0.2, 0.25) is 0 Å². The van der Waals surface area contributed by atoms with Crippen molar-refractivity contribution in [2.24, 2.45) is 0 Å². The van der Waals surface area contributed by atoms with Gasteiger partial charge in [-0.3, -0.25) is 4.98 Å². The molecule has 0 saturated carbocycles. The molecule has 2 rings (SSSR count). The third kappa shape index (κ3) is 3.60. The van der Waals surface area contributed by atoms with Crippen molar-refractivity contribution in [3.63, 3.8) is 0 Å². The number of nitrogens with zero attached hydrogens (tertiary/aromatic N) is 3. The molecule has 0 aromatic carbocycles. The summed E-state index contributed by atoms with van der Waals surface area (Å²) in [6.45, 7) is 3.10. The van der Waals surface area contributed by atoms with E-state index in [1.54, 1.807) is 12.4 Å². The Labute approximate surface area is 108 Å². The van der Waals surface area contributed by atoms with Gasteiger partial charge in [0.2, 0.25) is 0 Å². The lowest BCUT2D eigenvalue weighted by molar-refractivity contribution is 0.500. The van der Waals surface area contributed by atoms with E-state index in [9.17, 15) is 0 Å². The Morgan fingerprint density at radius 3 is 2.50 bits per heavy atom. The lowest BCUT2D eigenvalue weighted by atomic mass is 10.1. The molecule has 1 N–H and O–H groups in total. The zero-order valence-corrected chi connectivity index (χ0v) is 10.6. The Balaban J connectivity index is 2.10. The average molecular weight is 242 g/mol. The predicted octanol–water partition coefficient (Wildman–Crippen LogP) is 2.16. The van der Waals surface area contributed by atoms with Crippen LogP contribution in [0.3, 0.4) is 0 Å². The molecular formula is C14H18N4. The van der Waals surface area contributed by atoms with Gasteiger partial charge in [0, 0.05) is 30.7 Å². The number of aromatic nitrogens is 3. The minimum atomic E-state index is 0.126. The Morgan fingerprint density at radius 1 is 1.06 bits per heavy atom. The molecule has 94 valence electrons. The molecule has 0 bridgehead atoms. The highest BCUT2D eigenvalue weighted by atomic mass is 15.0. The summed E-state index contributed by atoms with van der Waals surface area (Å²) < 4.78 is 0. The van der Waals surface area contributed by atoms with Gasteiger partial charge in [0.05, 0.1) is 6.04 Å². The summed E-state index contributed by atoms with van der Waals surface area (Å²) in [5, 5.41) is 3.47. The van der Waals surface area contributed by atoms with E-state index in [-0.39, 0.29) is 6.04 Å². The average Bonchev–Trinajstić information content (AvgIpc) is 2.45. The Hall–Kier alpha value is -1.81. The highest BCUT2D eigenvalue weighted by Gasteiger charge is 2.14. The first-order valence-corrected chi connectivity index (χ1v) is 6.30. The summed E-state index contributed by atoms with van der Waals surface area (Å²) in [4.78, 5) is 13.0. The highest BCUT2D eigenvalue weighted by molar-refractivity contribution is 5.08. The molecule has 0 fully saturated rings. The van der Waals surface area contributed by atoms with Crippen molar-refractivity contribution in [2.75, 3.05) is 6.54 Å². The third-order valence-electron chi connectivity index (χ3n) is 2.68. The minimum absolute atomic E-state index is 0.126. The van der Waals surface area contributed by atoms with Gasteiger partial charge >= 0.3 is 0 Å². The van der Waals surface area contributed by atoms with Crippen LogP contribution in [0.25, 0.3) is 0 Å². The van der Waals surface area contributed by atoms with Crippen LogP contribution in [0, 0.1) is 0 Å². The first-order chi connectivity index (χ1) is 8.90. The van der Waals surface area contributed by atoms with Crippen LogP contribution in [0.1, 0.15) is 30.9 Å². The van der Waals surface area contributed by atoms with Gasteiger partial charge in [-0.15, -0.1) is 0 Å². The predicted molar refractivity (Wildman–Crippen MR) is 71.0 cm³/mol. The monoisotopic (exact) mass is 242 g/mol. The van der Waals surface area contributed by atoms with Gasteiger partial charge in [0.15, 0.2) is 0 Å². The van der Waals surface area contributed by atoms with Gasteiger partial charge in [-0.1, -0.05) is 13.0 Å². The molecule has 0 amide bonds. The van der Waals surface area contributed by atoms with Crippen LogP contribution < -0.4 is 5.32 Å². The van der Waals surface area contributed by atoms with Gasteiger partial charge in [-0.05, 0) is 31.2 Å². The number of hydrogen-bond donors (Lipinski definition) is 1. The molecule has 0 aliphatic rings. The standard InChI is InChI=1S/C14H18N4/c1-2-7-16-13(14-17-9-5-10-18-14)11-12-6-3-4-8-15-12/h3-6,8-10,13,16H,2,7,11H2,1H3. The molecule has 1 unspecified atom stereocenters. The molecule has 4 nitrogen and oxygen atoms in total. The topological polar surface area (TPSA) is 50.7 Å². The summed E-state index contributed by atoms with van der Waals surface area (Å²) in [6, 6.07) is 7.92. The number of hydrogen-bond acceptors (Lipinski definition) is 4. The molecule has 2 heterocycles. The maximum Gasteiger partial charge on any atom is 0.145 e. The number of rotatable bonds is 6. The van der Waals surface area contributed by atoms with E-state index >= 15 is 0 Å². The summed E-state index contributed by atoms with van der Waals surface area (Å²) >= 11 is 0. The first kappa shape index (κ1) is 12.6. The van der Waals surface area contributed by atoms with Gasteiger partial charge in [0.1, 0.15) is 5.82 Å². The molecule has 0 spiro atoms. The van der Waals surface area contributed by atoms with Gasteiger partial charge in [-0.2, -0.15) is 0 Å². The molecule has 0 saturated heterocycles. The van der Waals surface area contributed by atoms with Crippen LogP contribution in [0.4, 0.5) is 0 Å².